The van der Waals surface area contributed by atoms with Crippen molar-refractivity contribution in [3.8, 4) is 11.5 Å². The Bertz CT molecular complexity index is 825. The third kappa shape index (κ3) is 4.08. The van der Waals surface area contributed by atoms with Gasteiger partial charge in [0.25, 0.3) is 11.8 Å². The molecule has 3 rings (SSSR count). The number of para-hydroxylation sites is 1. The zero-order valence-electron chi connectivity index (χ0n) is 14.3. The van der Waals surface area contributed by atoms with E-state index in [1.54, 1.807) is 47.4 Å². The van der Waals surface area contributed by atoms with Crippen molar-refractivity contribution in [3.63, 3.8) is 0 Å². The highest BCUT2D eigenvalue weighted by molar-refractivity contribution is 6.32. The van der Waals surface area contributed by atoms with E-state index in [0.29, 0.717) is 34.4 Å². The molecule has 0 unspecified atom stereocenters. The molecule has 6 nitrogen and oxygen atoms in total. The van der Waals surface area contributed by atoms with Crippen LogP contribution in [0.5, 0.6) is 11.5 Å². The van der Waals surface area contributed by atoms with Crippen LogP contribution < -0.4 is 19.7 Å². The molecule has 0 aliphatic carbocycles. The lowest BCUT2D eigenvalue weighted by atomic mass is 10.2. The standard InChI is InChI=1S/C19H19ClN2O4/c1-2-9-22-15-10-13(7-8-17(15)26-12-19(22)24)21-18(23)11-25-16-6-4-3-5-14(16)20/h3-8,10H,2,9,11-12H2,1H3,(H,21,23). The Labute approximate surface area is 156 Å². The number of carbonyl (C=O) groups is 2. The maximum absolute atomic E-state index is 12.1. The number of hydrogen-bond donors (Lipinski definition) is 1. The molecule has 2 aromatic rings. The molecule has 0 bridgehead atoms. The van der Waals surface area contributed by atoms with E-state index < -0.39 is 0 Å². The third-order valence-electron chi connectivity index (χ3n) is 3.83. The number of halogens is 1. The summed E-state index contributed by atoms with van der Waals surface area (Å²) < 4.78 is 10.9. The zero-order valence-corrected chi connectivity index (χ0v) is 15.1. The van der Waals surface area contributed by atoms with E-state index in [4.69, 9.17) is 21.1 Å². The number of nitrogens with zero attached hydrogens (tertiary/aromatic N) is 1. The molecule has 1 aliphatic rings. The van der Waals surface area contributed by atoms with Crippen LogP contribution in [0.25, 0.3) is 0 Å². The summed E-state index contributed by atoms with van der Waals surface area (Å²) in [6.07, 6.45) is 0.827. The summed E-state index contributed by atoms with van der Waals surface area (Å²) in [4.78, 5) is 25.9. The molecule has 0 radical (unpaired) electrons. The Morgan fingerprint density at radius 2 is 2.12 bits per heavy atom. The van der Waals surface area contributed by atoms with Crippen LogP contribution in [0.1, 0.15) is 13.3 Å². The molecular weight excluding hydrogens is 356 g/mol. The summed E-state index contributed by atoms with van der Waals surface area (Å²) in [5.41, 5.74) is 1.23. The monoisotopic (exact) mass is 374 g/mol. The predicted octanol–water partition coefficient (Wildman–Crippen LogP) is 3.49. The van der Waals surface area contributed by atoms with Gasteiger partial charge in [-0.25, -0.2) is 0 Å². The van der Waals surface area contributed by atoms with Gasteiger partial charge in [-0.15, -0.1) is 0 Å². The molecule has 0 saturated heterocycles. The smallest absolute Gasteiger partial charge is 0.265 e. The quantitative estimate of drug-likeness (QED) is 0.840. The highest BCUT2D eigenvalue weighted by Gasteiger charge is 2.25. The van der Waals surface area contributed by atoms with E-state index in [2.05, 4.69) is 5.32 Å². The van der Waals surface area contributed by atoms with Crippen molar-refractivity contribution in [2.24, 2.45) is 0 Å². The average molecular weight is 375 g/mol. The van der Waals surface area contributed by atoms with E-state index in [1.807, 2.05) is 6.92 Å². The van der Waals surface area contributed by atoms with Crippen molar-refractivity contribution >= 4 is 34.8 Å². The highest BCUT2D eigenvalue weighted by atomic mass is 35.5. The van der Waals surface area contributed by atoms with Crippen LogP contribution in [-0.2, 0) is 9.59 Å². The van der Waals surface area contributed by atoms with Gasteiger partial charge in [-0.1, -0.05) is 30.7 Å². The van der Waals surface area contributed by atoms with Crippen LogP contribution in [0, 0.1) is 0 Å². The first-order valence-corrected chi connectivity index (χ1v) is 8.70. The van der Waals surface area contributed by atoms with Gasteiger partial charge in [0.2, 0.25) is 0 Å². The number of carbonyl (C=O) groups excluding carboxylic acids is 2. The normalized spacial score (nSPS) is 13.0. The Morgan fingerprint density at radius 1 is 1.31 bits per heavy atom. The van der Waals surface area contributed by atoms with Gasteiger partial charge >= 0.3 is 0 Å². The van der Waals surface area contributed by atoms with Gasteiger partial charge < -0.3 is 19.7 Å². The molecule has 0 fully saturated rings. The molecule has 0 atom stereocenters. The van der Waals surface area contributed by atoms with Crippen LogP contribution in [0.3, 0.4) is 0 Å². The average Bonchev–Trinajstić information content (AvgIpc) is 2.63. The largest absolute Gasteiger partial charge is 0.482 e. The molecule has 26 heavy (non-hydrogen) atoms. The van der Waals surface area contributed by atoms with Crippen LogP contribution >= 0.6 is 11.6 Å². The van der Waals surface area contributed by atoms with Gasteiger partial charge in [-0.2, -0.15) is 0 Å². The first kappa shape index (κ1) is 18.1. The molecule has 2 amide bonds. The van der Waals surface area contributed by atoms with Crippen molar-refractivity contribution in [2.45, 2.75) is 13.3 Å². The maximum Gasteiger partial charge on any atom is 0.265 e. The molecular formula is C19H19ClN2O4. The first-order chi connectivity index (χ1) is 12.6. The summed E-state index contributed by atoms with van der Waals surface area (Å²) in [5.74, 6) is 0.658. The van der Waals surface area contributed by atoms with Crippen LogP contribution in [0.4, 0.5) is 11.4 Å². The van der Waals surface area contributed by atoms with Gasteiger partial charge in [0.1, 0.15) is 11.5 Å². The molecule has 0 spiro atoms. The minimum Gasteiger partial charge on any atom is -0.482 e. The third-order valence-corrected chi connectivity index (χ3v) is 4.14. The molecule has 1 aliphatic heterocycles. The summed E-state index contributed by atoms with van der Waals surface area (Å²) >= 11 is 6.00. The SMILES string of the molecule is CCCN1C(=O)COc2ccc(NC(=O)COc3ccccc3Cl)cc21. The van der Waals surface area contributed by atoms with Crippen LogP contribution in [-0.4, -0.2) is 31.6 Å². The molecule has 7 heteroatoms. The Balaban J connectivity index is 1.67. The lowest BCUT2D eigenvalue weighted by molar-refractivity contribution is -0.121. The van der Waals surface area contributed by atoms with Crippen molar-refractivity contribution in [3.05, 3.63) is 47.5 Å². The number of nitrogens with one attached hydrogen (secondary N) is 1. The molecule has 136 valence electrons. The number of fused-ring (bicyclic) bond motifs is 1. The van der Waals surface area contributed by atoms with Gasteiger partial charge in [0.05, 0.1) is 10.7 Å². The molecule has 1 N–H and O–H groups in total. The number of anilines is 2. The van der Waals surface area contributed by atoms with E-state index >= 15 is 0 Å². The first-order valence-electron chi connectivity index (χ1n) is 8.33. The van der Waals surface area contributed by atoms with E-state index in [9.17, 15) is 9.59 Å². The summed E-state index contributed by atoms with van der Waals surface area (Å²) in [5, 5.41) is 3.20. The molecule has 0 aromatic heterocycles. The maximum atomic E-state index is 12.1. The fraction of sp³-hybridized carbons (Fsp3) is 0.263. The zero-order chi connectivity index (χ0) is 18.5. The van der Waals surface area contributed by atoms with Crippen molar-refractivity contribution in [1.29, 1.82) is 0 Å². The summed E-state index contributed by atoms with van der Waals surface area (Å²) in [6, 6.07) is 12.2. The fourth-order valence-electron chi connectivity index (χ4n) is 2.65. The van der Waals surface area contributed by atoms with Crippen molar-refractivity contribution < 1.29 is 19.1 Å². The minimum absolute atomic E-state index is 0.0321. The van der Waals surface area contributed by atoms with E-state index in [-0.39, 0.29) is 25.0 Å². The lowest BCUT2D eigenvalue weighted by Crippen LogP contribution is -2.39. The van der Waals surface area contributed by atoms with Crippen molar-refractivity contribution in [2.75, 3.05) is 30.0 Å². The molecule has 2 aromatic carbocycles. The lowest BCUT2D eigenvalue weighted by Gasteiger charge is -2.29. The van der Waals surface area contributed by atoms with Gasteiger partial charge in [-0.05, 0) is 36.8 Å². The second-order valence-electron chi connectivity index (χ2n) is 5.78. The summed E-state index contributed by atoms with van der Waals surface area (Å²) in [6.45, 7) is 2.46. The molecule has 1 heterocycles. The second-order valence-corrected chi connectivity index (χ2v) is 6.19. The highest BCUT2D eigenvalue weighted by Crippen LogP contribution is 2.34. The van der Waals surface area contributed by atoms with Crippen molar-refractivity contribution in [1.82, 2.24) is 0 Å². The van der Waals surface area contributed by atoms with E-state index in [1.165, 1.54) is 0 Å². The van der Waals surface area contributed by atoms with Crippen LogP contribution in [0.2, 0.25) is 5.02 Å². The minimum atomic E-state index is -0.324. The number of ether oxygens (including phenoxy) is 2. The number of amides is 2. The number of benzene rings is 2. The Kier molecular flexibility index (Phi) is 5.63. The topological polar surface area (TPSA) is 67.9 Å². The predicted molar refractivity (Wildman–Crippen MR) is 100 cm³/mol. The molecule has 0 saturated carbocycles. The Hall–Kier alpha value is -2.73. The number of hydrogen-bond acceptors (Lipinski definition) is 4. The van der Waals surface area contributed by atoms with Crippen LogP contribution in [0.15, 0.2) is 42.5 Å². The van der Waals surface area contributed by atoms with Gasteiger partial charge in [0, 0.05) is 12.2 Å². The Morgan fingerprint density at radius 3 is 2.88 bits per heavy atom. The second kappa shape index (κ2) is 8.10. The number of rotatable bonds is 6. The van der Waals surface area contributed by atoms with Gasteiger partial charge in [0.15, 0.2) is 13.2 Å². The fourth-order valence-corrected chi connectivity index (χ4v) is 2.84. The van der Waals surface area contributed by atoms with Gasteiger partial charge in [-0.3, -0.25) is 9.59 Å². The summed E-state index contributed by atoms with van der Waals surface area (Å²) in [7, 11) is 0. The van der Waals surface area contributed by atoms with E-state index in [0.717, 1.165) is 6.42 Å².